The number of aromatic amines is 1. The number of nitrogens with zero attached hydrogens (tertiary/aromatic N) is 2. The summed E-state index contributed by atoms with van der Waals surface area (Å²) in [6.45, 7) is 0. The van der Waals surface area contributed by atoms with Crippen molar-refractivity contribution in [1.82, 2.24) is 9.55 Å². The van der Waals surface area contributed by atoms with Crippen molar-refractivity contribution in [1.29, 1.82) is 0 Å². The number of carbonyl (C=O) groups is 1. The number of amides is 1. The highest BCUT2D eigenvalue weighted by atomic mass is 35.5. The van der Waals surface area contributed by atoms with Crippen molar-refractivity contribution in [2.24, 2.45) is 12.0 Å². The maximum absolute atomic E-state index is 14.3. The maximum atomic E-state index is 14.3. The predicted molar refractivity (Wildman–Crippen MR) is 123 cm³/mol. The molecule has 1 atom stereocenters. The van der Waals surface area contributed by atoms with Crippen molar-refractivity contribution >= 4 is 39.9 Å². The van der Waals surface area contributed by atoms with E-state index in [0.717, 1.165) is 12.1 Å². The lowest BCUT2D eigenvalue weighted by atomic mass is 9.99. The van der Waals surface area contributed by atoms with E-state index in [-0.39, 0.29) is 17.7 Å². The molecule has 2 heterocycles. The molecule has 0 spiro atoms. The van der Waals surface area contributed by atoms with Gasteiger partial charge < -0.3 is 10.3 Å². The number of fused-ring (bicyclic) bond motifs is 2. The van der Waals surface area contributed by atoms with Gasteiger partial charge in [0, 0.05) is 35.2 Å². The lowest BCUT2D eigenvalue weighted by Gasteiger charge is -2.12. The first-order chi connectivity index (χ1) is 15.8. The Kier molecular flexibility index (Phi) is 5.09. The predicted octanol–water partition coefficient (Wildman–Crippen LogP) is 4.20. The fourth-order valence-electron chi connectivity index (χ4n) is 3.99. The van der Waals surface area contributed by atoms with E-state index < -0.39 is 23.6 Å². The first-order valence-corrected chi connectivity index (χ1v) is 10.5. The summed E-state index contributed by atoms with van der Waals surface area (Å²) in [6, 6.07) is 12.7. The number of imidazole rings is 1. The van der Waals surface area contributed by atoms with Gasteiger partial charge in [0.25, 0.3) is 0 Å². The van der Waals surface area contributed by atoms with E-state index in [9.17, 15) is 18.4 Å². The third-order valence-corrected chi connectivity index (χ3v) is 5.95. The van der Waals surface area contributed by atoms with Crippen LogP contribution in [0.3, 0.4) is 0 Å². The molecule has 0 radical (unpaired) electrons. The van der Waals surface area contributed by atoms with Crippen molar-refractivity contribution in [3.8, 4) is 0 Å². The van der Waals surface area contributed by atoms with E-state index in [1.807, 2.05) is 0 Å². The number of anilines is 1. The van der Waals surface area contributed by atoms with Gasteiger partial charge in [0.1, 0.15) is 17.7 Å². The van der Waals surface area contributed by atoms with Crippen LogP contribution in [-0.2, 0) is 18.3 Å². The topological polar surface area (TPSA) is 79.2 Å². The van der Waals surface area contributed by atoms with E-state index >= 15 is 0 Å². The standard InChI is InChI=1S/C24H17ClF2N4O2/c1-31-21-8-5-12(9-19(21)30-24(31)33)22-15-10-13(25)6-7-18(15)29-23(32)20(28-22)11-14-16(26)3-2-4-17(14)27/h2-10,20H,11H2,1H3,(H,29,32)(H,30,33). The molecular formula is C24H17ClF2N4O2. The number of hydrogen-bond acceptors (Lipinski definition) is 3. The largest absolute Gasteiger partial charge is 0.326 e. The molecule has 1 amide bonds. The molecule has 1 aliphatic heterocycles. The molecular weight excluding hydrogens is 450 g/mol. The minimum Gasteiger partial charge on any atom is -0.324 e. The Labute approximate surface area is 191 Å². The third-order valence-electron chi connectivity index (χ3n) is 5.72. The van der Waals surface area contributed by atoms with E-state index in [1.54, 1.807) is 43.4 Å². The number of benzene rings is 3. The number of aromatic nitrogens is 2. The van der Waals surface area contributed by atoms with Gasteiger partial charge in [-0.25, -0.2) is 13.6 Å². The number of aliphatic imine (C=N–C) groups is 1. The Bertz CT molecular complexity index is 1500. The van der Waals surface area contributed by atoms with Gasteiger partial charge in [-0.2, -0.15) is 0 Å². The molecule has 9 heteroatoms. The quantitative estimate of drug-likeness (QED) is 0.474. The highest BCUT2D eigenvalue weighted by Crippen LogP contribution is 2.29. The van der Waals surface area contributed by atoms with Crippen molar-refractivity contribution in [3.05, 3.63) is 98.4 Å². The van der Waals surface area contributed by atoms with Crippen molar-refractivity contribution in [2.75, 3.05) is 5.32 Å². The second-order valence-corrected chi connectivity index (χ2v) is 8.23. The second-order valence-electron chi connectivity index (χ2n) is 7.80. The summed E-state index contributed by atoms with van der Waals surface area (Å²) in [6.07, 6.45) is -0.264. The van der Waals surface area contributed by atoms with Gasteiger partial charge in [0.05, 0.1) is 22.4 Å². The number of hydrogen-bond donors (Lipinski definition) is 2. The van der Waals surface area contributed by atoms with Gasteiger partial charge in [0.2, 0.25) is 5.91 Å². The maximum Gasteiger partial charge on any atom is 0.326 e. The zero-order valence-corrected chi connectivity index (χ0v) is 18.1. The lowest BCUT2D eigenvalue weighted by molar-refractivity contribution is -0.117. The Morgan fingerprint density at radius 2 is 1.82 bits per heavy atom. The smallest absolute Gasteiger partial charge is 0.324 e. The zero-order chi connectivity index (χ0) is 23.3. The number of rotatable bonds is 3. The van der Waals surface area contributed by atoms with Crippen LogP contribution in [0.15, 0.2) is 64.4 Å². The minimum atomic E-state index is -1.09. The molecule has 3 aromatic carbocycles. The van der Waals surface area contributed by atoms with Gasteiger partial charge in [-0.1, -0.05) is 23.7 Å². The summed E-state index contributed by atoms with van der Waals surface area (Å²) >= 11 is 6.23. The lowest BCUT2D eigenvalue weighted by Crippen LogP contribution is -2.28. The molecule has 2 N–H and O–H groups in total. The molecule has 0 fully saturated rings. The van der Waals surface area contributed by atoms with Gasteiger partial charge in [-0.15, -0.1) is 0 Å². The monoisotopic (exact) mass is 466 g/mol. The van der Waals surface area contributed by atoms with Crippen LogP contribution >= 0.6 is 11.6 Å². The van der Waals surface area contributed by atoms with Crippen LogP contribution in [0.4, 0.5) is 14.5 Å². The average Bonchev–Trinajstić information content (AvgIpc) is 2.98. The number of carbonyl (C=O) groups excluding carboxylic acids is 1. The van der Waals surface area contributed by atoms with E-state index in [1.165, 1.54) is 10.6 Å². The summed E-state index contributed by atoms with van der Waals surface area (Å²) in [4.78, 5) is 32.4. The summed E-state index contributed by atoms with van der Waals surface area (Å²) in [5.41, 5.74) is 2.87. The Morgan fingerprint density at radius 3 is 2.58 bits per heavy atom. The molecule has 5 rings (SSSR count). The summed E-state index contributed by atoms with van der Waals surface area (Å²) < 4.78 is 30.1. The first-order valence-electron chi connectivity index (χ1n) is 10.1. The van der Waals surface area contributed by atoms with Crippen LogP contribution < -0.4 is 11.0 Å². The van der Waals surface area contributed by atoms with Crippen molar-refractivity contribution in [3.63, 3.8) is 0 Å². The number of aryl methyl sites for hydroxylation is 1. The van der Waals surface area contributed by atoms with Crippen LogP contribution in [-0.4, -0.2) is 27.2 Å². The van der Waals surface area contributed by atoms with E-state index in [2.05, 4.69) is 15.3 Å². The van der Waals surface area contributed by atoms with E-state index in [0.29, 0.717) is 38.6 Å². The molecule has 4 aromatic rings. The fourth-order valence-corrected chi connectivity index (χ4v) is 4.17. The summed E-state index contributed by atoms with van der Waals surface area (Å²) in [5, 5.41) is 3.22. The SMILES string of the molecule is Cn1c(=O)[nH]c2cc(C3=NC(Cc4c(F)cccc4F)C(=O)Nc4ccc(Cl)cc43)ccc21. The third kappa shape index (κ3) is 3.72. The molecule has 166 valence electrons. The Morgan fingerprint density at radius 1 is 1.06 bits per heavy atom. The molecule has 0 saturated carbocycles. The van der Waals surface area contributed by atoms with Crippen LogP contribution in [0.25, 0.3) is 11.0 Å². The molecule has 1 aromatic heterocycles. The Hall–Kier alpha value is -3.78. The van der Waals surface area contributed by atoms with Gasteiger partial charge in [0.15, 0.2) is 0 Å². The Balaban J connectivity index is 1.69. The molecule has 33 heavy (non-hydrogen) atoms. The molecule has 0 aliphatic carbocycles. The summed E-state index contributed by atoms with van der Waals surface area (Å²) in [7, 11) is 1.65. The van der Waals surface area contributed by atoms with Crippen LogP contribution in [0.5, 0.6) is 0 Å². The van der Waals surface area contributed by atoms with E-state index in [4.69, 9.17) is 11.6 Å². The van der Waals surface area contributed by atoms with Gasteiger partial charge in [-0.05, 0) is 42.5 Å². The average molecular weight is 467 g/mol. The molecule has 1 aliphatic rings. The van der Waals surface area contributed by atoms with Crippen molar-refractivity contribution in [2.45, 2.75) is 12.5 Å². The van der Waals surface area contributed by atoms with Gasteiger partial charge in [-0.3, -0.25) is 14.4 Å². The van der Waals surface area contributed by atoms with Gasteiger partial charge >= 0.3 is 5.69 Å². The van der Waals surface area contributed by atoms with Crippen LogP contribution in [0.2, 0.25) is 5.02 Å². The zero-order valence-electron chi connectivity index (χ0n) is 17.3. The van der Waals surface area contributed by atoms with Crippen LogP contribution in [0, 0.1) is 11.6 Å². The minimum absolute atomic E-state index is 0.215. The molecule has 0 saturated heterocycles. The van der Waals surface area contributed by atoms with Crippen molar-refractivity contribution < 1.29 is 13.6 Å². The molecule has 0 bridgehead atoms. The normalized spacial score (nSPS) is 15.7. The highest BCUT2D eigenvalue weighted by Gasteiger charge is 2.28. The second kappa shape index (κ2) is 7.97. The molecule has 1 unspecified atom stereocenters. The number of benzodiazepines with no additional fused rings is 1. The fraction of sp³-hybridized carbons (Fsp3) is 0.125. The first kappa shape index (κ1) is 21.1. The highest BCUT2D eigenvalue weighted by molar-refractivity contribution is 6.32. The number of nitrogens with one attached hydrogen (secondary N) is 2. The number of H-pyrrole nitrogens is 1. The number of halogens is 3. The summed E-state index contributed by atoms with van der Waals surface area (Å²) in [5.74, 6) is -1.98. The molecule has 6 nitrogen and oxygen atoms in total. The van der Waals surface area contributed by atoms with Crippen LogP contribution in [0.1, 0.15) is 16.7 Å².